The third kappa shape index (κ3) is 2.35. The van der Waals surface area contributed by atoms with Crippen molar-refractivity contribution in [2.45, 2.75) is 31.7 Å². The Hall–Kier alpha value is -1.71. The first kappa shape index (κ1) is 11.8. The first-order valence-corrected chi connectivity index (χ1v) is 5.95. The molecule has 0 aromatic heterocycles. The zero-order valence-electron chi connectivity index (χ0n) is 10.0. The number of benzene rings is 1. The van der Waals surface area contributed by atoms with E-state index in [1.807, 2.05) is 7.05 Å². The zero-order valence-corrected chi connectivity index (χ0v) is 10.0. The van der Waals surface area contributed by atoms with E-state index in [2.05, 4.69) is 0 Å². The number of nitrogens with two attached hydrogens (primary N) is 1. The summed E-state index contributed by atoms with van der Waals surface area (Å²) >= 11 is 0. The van der Waals surface area contributed by atoms with Crippen LogP contribution in [0.15, 0.2) is 18.2 Å². The van der Waals surface area contributed by atoms with Gasteiger partial charge in [0.15, 0.2) is 0 Å². The topological polar surface area (TPSA) is 66.6 Å². The highest BCUT2D eigenvalue weighted by atomic mass is 16.3. The van der Waals surface area contributed by atoms with Gasteiger partial charge in [0.2, 0.25) is 0 Å². The van der Waals surface area contributed by atoms with Crippen LogP contribution in [0.4, 0.5) is 5.69 Å². The molecule has 0 bridgehead atoms. The standard InChI is InChI=1S/C13H18N2O2/c1-15(9-4-2-3-5-9)13(17)11-8-10(16)6-7-12(11)14/h6-9,16H,2-5,14H2,1H3. The molecule has 1 aliphatic rings. The third-order valence-corrected chi connectivity index (χ3v) is 3.46. The number of anilines is 1. The molecule has 4 nitrogen and oxygen atoms in total. The molecule has 0 spiro atoms. The molecule has 4 heteroatoms. The van der Waals surface area contributed by atoms with E-state index in [0.29, 0.717) is 17.3 Å². The van der Waals surface area contributed by atoms with Crippen molar-refractivity contribution in [1.82, 2.24) is 4.90 Å². The van der Waals surface area contributed by atoms with Gasteiger partial charge in [0, 0.05) is 18.8 Å². The monoisotopic (exact) mass is 234 g/mol. The normalized spacial score (nSPS) is 16.1. The van der Waals surface area contributed by atoms with E-state index < -0.39 is 0 Å². The van der Waals surface area contributed by atoms with Gasteiger partial charge in [-0.2, -0.15) is 0 Å². The van der Waals surface area contributed by atoms with Crippen molar-refractivity contribution >= 4 is 11.6 Å². The minimum atomic E-state index is -0.106. The number of hydrogen-bond acceptors (Lipinski definition) is 3. The highest BCUT2D eigenvalue weighted by molar-refractivity contribution is 5.99. The van der Waals surface area contributed by atoms with Gasteiger partial charge in [-0.25, -0.2) is 0 Å². The van der Waals surface area contributed by atoms with Crippen molar-refractivity contribution in [2.24, 2.45) is 0 Å². The molecule has 1 aliphatic carbocycles. The highest BCUT2D eigenvalue weighted by Crippen LogP contribution is 2.26. The van der Waals surface area contributed by atoms with Gasteiger partial charge in [0.25, 0.3) is 5.91 Å². The summed E-state index contributed by atoms with van der Waals surface area (Å²) in [4.78, 5) is 14.0. The summed E-state index contributed by atoms with van der Waals surface area (Å²) in [5.74, 6) is -0.0346. The molecular weight excluding hydrogens is 216 g/mol. The lowest BCUT2D eigenvalue weighted by molar-refractivity contribution is 0.0736. The Kier molecular flexibility index (Phi) is 3.22. The zero-order chi connectivity index (χ0) is 12.4. The Morgan fingerprint density at radius 1 is 1.41 bits per heavy atom. The number of carbonyl (C=O) groups is 1. The van der Waals surface area contributed by atoms with Gasteiger partial charge >= 0.3 is 0 Å². The van der Waals surface area contributed by atoms with Crippen LogP contribution in [-0.2, 0) is 0 Å². The maximum Gasteiger partial charge on any atom is 0.256 e. The molecule has 1 saturated carbocycles. The Labute approximate surface area is 101 Å². The fourth-order valence-electron chi connectivity index (χ4n) is 2.38. The van der Waals surface area contributed by atoms with E-state index >= 15 is 0 Å². The maximum atomic E-state index is 12.2. The second-order valence-corrected chi connectivity index (χ2v) is 4.63. The second-order valence-electron chi connectivity index (χ2n) is 4.63. The van der Waals surface area contributed by atoms with Gasteiger partial charge in [-0.15, -0.1) is 0 Å². The van der Waals surface area contributed by atoms with E-state index in [4.69, 9.17) is 5.73 Å². The number of nitrogens with zero attached hydrogens (tertiary/aromatic N) is 1. The Morgan fingerprint density at radius 3 is 2.71 bits per heavy atom. The first-order valence-electron chi connectivity index (χ1n) is 5.95. The number of aromatic hydroxyl groups is 1. The summed E-state index contributed by atoms with van der Waals surface area (Å²) in [5.41, 5.74) is 6.57. The van der Waals surface area contributed by atoms with Crippen LogP contribution in [0, 0.1) is 0 Å². The predicted octanol–water partition coefficient (Wildman–Crippen LogP) is 1.99. The van der Waals surface area contributed by atoms with Gasteiger partial charge in [-0.05, 0) is 31.0 Å². The quantitative estimate of drug-likeness (QED) is 0.607. The average Bonchev–Trinajstić information content (AvgIpc) is 2.84. The molecule has 17 heavy (non-hydrogen) atoms. The van der Waals surface area contributed by atoms with Crippen LogP contribution in [-0.4, -0.2) is 29.0 Å². The molecular formula is C13H18N2O2. The fourth-order valence-corrected chi connectivity index (χ4v) is 2.38. The molecule has 0 unspecified atom stereocenters. The lowest BCUT2D eigenvalue weighted by atomic mass is 10.1. The van der Waals surface area contributed by atoms with Crippen LogP contribution < -0.4 is 5.73 Å². The smallest absolute Gasteiger partial charge is 0.256 e. The van der Waals surface area contributed by atoms with Crippen LogP contribution in [0.1, 0.15) is 36.0 Å². The molecule has 3 N–H and O–H groups in total. The van der Waals surface area contributed by atoms with Crippen molar-refractivity contribution in [3.05, 3.63) is 23.8 Å². The summed E-state index contributed by atoms with van der Waals surface area (Å²) in [6.45, 7) is 0. The molecule has 1 fully saturated rings. The average molecular weight is 234 g/mol. The molecule has 0 aliphatic heterocycles. The van der Waals surface area contributed by atoms with Gasteiger partial charge in [-0.1, -0.05) is 12.8 Å². The largest absolute Gasteiger partial charge is 0.508 e. The van der Waals surface area contributed by atoms with Crippen molar-refractivity contribution in [3.8, 4) is 5.75 Å². The van der Waals surface area contributed by atoms with E-state index in [-0.39, 0.29) is 11.7 Å². The first-order chi connectivity index (χ1) is 8.09. The van der Waals surface area contributed by atoms with Crippen molar-refractivity contribution in [3.63, 3.8) is 0 Å². The SMILES string of the molecule is CN(C(=O)c1cc(O)ccc1N)C1CCCC1. The van der Waals surface area contributed by atoms with Crippen LogP contribution in [0.2, 0.25) is 0 Å². The molecule has 0 saturated heterocycles. The number of hydrogen-bond donors (Lipinski definition) is 2. The molecule has 2 rings (SSSR count). The summed E-state index contributed by atoms with van der Waals surface area (Å²) in [7, 11) is 1.81. The summed E-state index contributed by atoms with van der Waals surface area (Å²) in [6.07, 6.45) is 4.47. The lowest BCUT2D eigenvalue weighted by Crippen LogP contribution is -2.35. The van der Waals surface area contributed by atoms with Gasteiger partial charge < -0.3 is 15.7 Å². The van der Waals surface area contributed by atoms with E-state index in [0.717, 1.165) is 12.8 Å². The summed E-state index contributed by atoms with van der Waals surface area (Å²) in [6, 6.07) is 4.79. The Morgan fingerprint density at radius 2 is 2.06 bits per heavy atom. The number of phenolic OH excluding ortho intramolecular Hbond substituents is 1. The molecule has 0 atom stereocenters. The van der Waals surface area contributed by atoms with Crippen LogP contribution in [0.3, 0.4) is 0 Å². The lowest BCUT2D eigenvalue weighted by Gasteiger charge is -2.24. The Bertz CT molecular complexity index is 425. The minimum Gasteiger partial charge on any atom is -0.508 e. The molecule has 1 amide bonds. The summed E-state index contributed by atoms with van der Waals surface area (Å²) < 4.78 is 0. The van der Waals surface area contributed by atoms with E-state index in [1.54, 1.807) is 11.0 Å². The molecule has 0 heterocycles. The molecule has 92 valence electrons. The van der Waals surface area contributed by atoms with Gasteiger partial charge in [0.05, 0.1) is 5.56 Å². The molecule has 1 aromatic rings. The van der Waals surface area contributed by atoms with Crippen molar-refractivity contribution in [1.29, 1.82) is 0 Å². The van der Waals surface area contributed by atoms with E-state index in [1.165, 1.54) is 25.0 Å². The fraction of sp³-hybridized carbons (Fsp3) is 0.462. The molecule has 1 aromatic carbocycles. The number of rotatable bonds is 2. The third-order valence-electron chi connectivity index (χ3n) is 3.46. The van der Waals surface area contributed by atoms with Gasteiger partial charge in [0.1, 0.15) is 5.75 Å². The second kappa shape index (κ2) is 4.65. The van der Waals surface area contributed by atoms with Crippen LogP contribution in [0.25, 0.3) is 0 Å². The predicted molar refractivity (Wildman–Crippen MR) is 66.9 cm³/mol. The van der Waals surface area contributed by atoms with Crippen LogP contribution in [0.5, 0.6) is 5.75 Å². The highest BCUT2D eigenvalue weighted by Gasteiger charge is 2.25. The van der Waals surface area contributed by atoms with Crippen molar-refractivity contribution < 1.29 is 9.90 Å². The molecule has 0 radical (unpaired) electrons. The maximum absolute atomic E-state index is 12.2. The van der Waals surface area contributed by atoms with E-state index in [9.17, 15) is 9.90 Å². The number of nitrogen functional groups attached to an aromatic ring is 1. The van der Waals surface area contributed by atoms with Gasteiger partial charge in [-0.3, -0.25) is 4.79 Å². The van der Waals surface area contributed by atoms with Crippen molar-refractivity contribution in [2.75, 3.05) is 12.8 Å². The Balaban J connectivity index is 2.20. The minimum absolute atomic E-state index is 0.0716. The number of phenols is 1. The summed E-state index contributed by atoms with van der Waals surface area (Å²) in [5, 5.41) is 9.41. The number of amides is 1. The van der Waals surface area contributed by atoms with Crippen LogP contribution >= 0.6 is 0 Å². The number of carbonyl (C=O) groups excluding carboxylic acids is 1.